The van der Waals surface area contributed by atoms with Gasteiger partial charge in [0.1, 0.15) is 12.4 Å². The first-order valence-electron chi connectivity index (χ1n) is 9.48. The third kappa shape index (κ3) is 5.23. The molecule has 1 fully saturated rings. The molecular formula is C22H28N2O3. The van der Waals surface area contributed by atoms with Crippen molar-refractivity contribution in [2.75, 3.05) is 30.4 Å². The molecule has 3 rings (SSSR count). The van der Waals surface area contributed by atoms with E-state index in [1.54, 1.807) is 0 Å². The number of amides is 1. The van der Waals surface area contributed by atoms with E-state index in [-0.39, 0.29) is 18.6 Å². The molecule has 0 radical (unpaired) electrons. The third-order valence-electron chi connectivity index (χ3n) is 4.72. The average Bonchev–Trinajstić information content (AvgIpc) is 3.15. The maximum atomic E-state index is 12.4. The van der Waals surface area contributed by atoms with Gasteiger partial charge in [-0.1, -0.05) is 29.8 Å². The van der Waals surface area contributed by atoms with Gasteiger partial charge in [-0.3, -0.25) is 4.79 Å². The highest BCUT2D eigenvalue weighted by Gasteiger charge is 2.17. The summed E-state index contributed by atoms with van der Waals surface area (Å²) >= 11 is 0. The molecule has 2 N–H and O–H groups in total. The molecule has 0 spiro atoms. The Bertz CT molecular complexity index is 775. The van der Waals surface area contributed by atoms with Gasteiger partial charge in [0.15, 0.2) is 0 Å². The van der Waals surface area contributed by atoms with E-state index in [1.165, 1.54) is 5.56 Å². The lowest BCUT2D eigenvalue weighted by Gasteiger charge is -2.16. The third-order valence-corrected chi connectivity index (χ3v) is 4.72. The number of rotatable bonds is 7. The molecule has 2 aromatic rings. The lowest BCUT2D eigenvalue weighted by molar-refractivity contribution is -0.114. The number of aryl methyl sites for hydroxylation is 3. The van der Waals surface area contributed by atoms with Gasteiger partial charge in [-0.05, 0) is 56.9 Å². The molecule has 1 heterocycles. The van der Waals surface area contributed by atoms with Crippen molar-refractivity contribution in [3.63, 3.8) is 0 Å². The maximum Gasteiger partial charge on any atom is 0.243 e. The molecule has 5 heteroatoms. The Morgan fingerprint density at radius 1 is 1.19 bits per heavy atom. The summed E-state index contributed by atoms with van der Waals surface area (Å²) < 4.78 is 11.5. The number of carbonyl (C=O) groups is 1. The van der Waals surface area contributed by atoms with Crippen LogP contribution >= 0.6 is 0 Å². The lowest BCUT2D eigenvalue weighted by Crippen LogP contribution is -2.23. The van der Waals surface area contributed by atoms with Crippen molar-refractivity contribution in [1.82, 2.24) is 0 Å². The van der Waals surface area contributed by atoms with Crippen molar-refractivity contribution in [2.24, 2.45) is 0 Å². The minimum Gasteiger partial charge on any atom is -0.489 e. The van der Waals surface area contributed by atoms with Crippen LogP contribution in [0.2, 0.25) is 0 Å². The largest absolute Gasteiger partial charge is 0.489 e. The van der Waals surface area contributed by atoms with Gasteiger partial charge in [-0.25, -0.2) is 0 Å². The van der Waals surface area contributed by atoms with E-state index in [4.69, 9.17) is 9.47 Å². The molecule has 1 saturated heterocycles. The van der Waals surface area contributed by atoms with Gasteiger partial charge in [-0.15, -0.1) is 0 Å². The highest BCUT2D eigenvalue weighted by molar-refractivity contribution is 5.95. The van der Waals surface area contributed by atoms with Crippen molar-refractivity contribution in [1.29, 1.82) is 0 Å². The van der Waals surface area contributed by atoms with E-state index in [9.17, 15) is 4.79 Å². The predicted octanol–water partition coefficient (Wildman–Crippen LogP) is 4.22. The number of hydrogen-bond acceptors (Lipinski definition) is 4. The normalized spacial score (nSPS) is 16.2. The van der Waals surface area contributed by atoms with E-state index in [0.29, 0.717) is 6.61 Å². The summed E-state index contributed by atoms with van der Waals surface area (Å²) in [6.07, 6.45) is 2.29. The van der Waals surface area contributed by atoms with Gasteiger partial charge >= 0.3 is 0 Å². The molecule has 2 aromatic carbocycles. The van der Waals surface area contributed by atoms with Crippen molar-refractivity contribution in [2.45, 2.75) is 39.7 Å². The summed E-state index contributed by atoms with van der Waals surface area (Å²) in [5, 5.41) is 6.19. The Balaban J connectivity index is 1.57. The Morgan fingerprint density at radius 2 is 1.93 bits per heavy atom. The molecule has 1 unspecified atom stereocenters. The zero-order valence-electron chi connectivity index (χ0n) is 16.3. The standard InChI is InChI=1S/C22H28N2O3/c1-15-11-16(2)22(17(3)12-15)24-21(25)13-23-19-8-4-5-9-20(19)27-14-18-7-6-10-26-18/h4-5,8-9,11-12,18,23H,6-7,10,13-14H2,1-3H3,(H,24,25). The van der Waals surface area contributed by atoms with Crippen LogP contribution in [-0.2, 0) is 9.53 Å². The highest BCUT2D eigenvalue weighted by Crippen LogP contribution is 2.25. The quantitative estimate of drug-likeness (QED) is 0.768. The van der Waals surface area contributed by atoms with Crippen molar-refractivity contribution >= 4 is 17.3 Å². The van der Waals surface area contributed by atoms with Crippen LogP contribution in [0, 0.1) is 20.8 Å². The molecule has 0 aromatic heterocycles. The first-order valence-corrected chi connectivity index (χ1v) is 9.48. The molecule has 144 valence electrons. The Labute approximate surface area is 161 Å². The van der Waals surface area contributed by atoms with Gasteiger partial charge < -0.3 is 20.1 Å². The van der Waals surface area contributed by atoms with Crippen molar-refractivity contribution in [3.05, 3.63) is 53.1 Å². The summed E-state index contributed by atoms with van der Waals surface area (Å²) in [7, 11) is 0. The minimum absolute atomic E-state index is 0.0843. The number of benzene rings is 2. The fourth-order valence-electron chi connectivity index (χ4n) is 3.43. The number of nitrogens with one attached hydrogen (secondary N) is 2. The van der Waals surface area contributed by atoms with Crippen molar-refractivity contribution < 1.29 is 14.3 Å². The fraction of sp³-hybridized carbons (Fsp3) is 0.409. The summed E-state index contributed by atoms with van der Waals surface area (Å²) in [6.45, 7) is 7.60. The predicted molar refractivity (Wildman–Crippen MR) is 109 cm³/mol. The molecule has 1 atom stereocenters. The van der Waals surface area contributed by atoms with Crippen LogP contribution in [-0.4, -0.2) is 31.8 Å². The molecule has 1 aliphatic heterocycles. The van der Waals surface area contributed by atoms with E-state index in [1.807, 2.05) is 38.1 Å². The molecule has 27 heavy (non-hydrogen) atoms. The SMILES string of the molecule is Cc1cc(C)c(NC(=O)CNc2ccccc2OCC2CCCO2)c(C)c1. The van der Waals surface area contributed by atoms with Crippen LogP contribution in [0.5, 0.6) is 5.75 Å². The number of hydrogen-bond donors (Lipinski definition) is 2. The molecule has 0 aliphatic carbocycles. The van der Waals surface area contributed by atoms with Crippen LogP contribution in [0.3, 0.4) is 0 Å². The average molecular weight is 368 g/mol. The molecule has 1 amide bonds. The van der Waals surface area contributed by atoms with Gasteiger partial charge in [-0.2, -0.15) is 0 Å². The first-order chi connectivity index (χ1) is 13.0. The van der Waals surface area contributed by atoms with Crippen LogP contribution < -0.4 is 15.4 Å². The molecule has 1 aliphatic rings. The Morgan fingerprint density at radius 3 is 2.63 bits per heavy atom. The second-order valence-corrected chi connectivity index (χ2v) is 7.12. The lowest BCUT2D eigenvalue weighted by atomic mass is 10.1. The second kappa shape index (κ2) is 8.91. The van der Waals surface area contributed by atoms with Crippen molar-refractivity contribution in [3.8, 4) is 5.75 Å². The summed E-state index contributed by atoms with van der Waals surface area (Å²) in [6, 6.07) is 11.8. The topological polar surface area (TPSA) is 59.6 Å². The van der Waals surface area contributed by atoms with Gasteiger partial charge in [0.25, 0.3) is 0 Å². The zero-order valence-corrected chi connectivity index (χ0v) is 16.3. The molecular weight excluding hydrogens is 340 g/mol. The van der Waals surface area contributed by atoms with Crippen LogP contribution in [0.15, 0.2) is 36.4 Å². The van der Waals surface area contributed by atoms with Crippen LogP contribution in [0.4, 0.5) is 11.4 Å². The smallest absolute Gasteiger partial charge is 0.243 e. The fourth-order valence-corrected chi connectivity index (χ4v) is 3.43. The van der Waals surface area contributed by atoms with E-state index in [0.717, 1.165) is 47.7 Å². The Kier molecular flexibility index (Phi) is 6.35. The molecule has 5 nitrogen and oxygen atoms in total. The first kappa shape index (κ1) is 19.2. The van der Waals surface area contributed by atoms with Gasteiger partial charge in [0.2, 0.25) is 5.91 Å². The van der Waals surface area contributed by atoms with E-state index in [2.05, 4.69) is 29.7 Å². The number of para-hydroxylation sites is 2. The number of ether oxygens (including phenoxy) is 2. The Hall–Kier alpha value is -2.53. The monoisotopic (exact) mass is 368 g/mol. The summed E-state index contributed by atoms with van der Waals surface area (Å²) in [4.78, 5) is 12.4. The number of anilines is 2. The van der Waals surface area contributed by atoms with E-state index < -0.39 is 0 Å². The molecule has 0 bridgehead atoms. The number of carbonyl (C=O) groups excluding carboxylic acids is 1. The highest BCUT2D eigenvalue weighted by atomic mass is 16.5. The van der Waals surface area contributed by atoms with Crippen LogP contribution in [0.25, 0.3) is 0 Å². The van der Waals surface area contributed by atoms with Gasteiger partial charge in [0.05, 0.1) is 18.3 Å². The minimum atomic E-state index is -0.0843. The van der Waals surface area contributed by atoms with E-state index >= 15 is 0 Å². The van der Waals surface area contributed by atoms with Gasteiger partial charge in [0, 0.05) is 12.3 Å². The second-order valence-electron chi connectivity index (χ2n) is 7.12. The maximum absolute atomic E-state index is 12.4. The summed E-state index contributed by atoms with van der Waals surface area (Å²) in [5.74, 6) is 0.655. The molecule has 0 saturated carbocycles. The van der Waals surface area contributed by atoms with Crippen LogP contribution in [0.1, 0.15) is 29.5 Å². The summed E-state index contributed by atoms with van der Waals surface area (Å²) in [5.41, 5.74) is 5.03. The zero-order chi connectivity index (χ0) is 19.2.